The zero-order valence-corrected chi connectivity index (χ0v) is 9.98. The molecule has 2 N–H and O–H groups in total. The summed E-state index contributed by atoms with van der Waals surface area (Å²) < 4.78 is 2.07. The molecule has 1 saturated heterocycles. The van der Waals surface area contributed by atoms with Crippen LogP contribution in [0.5, 0.6) is 5.75 Å². The number of aromatic hydroxyl groups is 1. The molecule has 1 aromatic heterocycles. The molecule has 1 unspecified atom stereocenters. The molecule has 3 rings (SSSR count). The number of aryl methyl sites for hydroxylation is 1. The van der Waals surface area contributed by atoms with Gasteiger partial charge in [0.05, 0.1) is 11.2 Å². The minimum Gasteiger partial charge on any atom is -0.508 e. The number of phenolic OH excluding ortho intramolecular Hbond substituents is 1. The molecule has 0 saturated carbocycles. The summed E-state index contributed by atoms with van der Waals surface area (Å²) in [5.41, 5.74) is 2.11. The van der Waals surface area contributed by atoms with Gasteiger partial charge in [0.25, 0.3) is 0 Å². The first-order chi connectivity index (χ1) is 8.24. The summed E-state index contributed by atoms with van der Waals surface area (Å²) in [4.78, 5) is 0. The van der Waals surface area contributed by atoms with Gasteiger partial charge in [0.1, 0.15) is 5.75 Å². The molecule has 0 spiro atoms. The first-order valence-corrected chi connectivity index (χ1v) is 6.11. The van der Waals surface area contributed by atoms with E-state index in [4.69, 9.17) is 0 Å². The van der Waals surface area contributed by atoms with Crippen LogP contribution in [0.25, 0.3) is 10.9 Å². The summed E-state index contributed by atoms with van der Waals surface area (Å²) in [6.07, 6.45) is 1.22. The Morgan fingerprint density at radius 3 is 3.18 bits per heavy atom. The first-order valence-electron chi connectivity index (χ1n) is 6.11. The van der Waals surface area contributed by atoms with Crippen LogP contribution in [-0.2, 0) is 6.54 Å². The minimum atomic E-state index is 0.308. The molecule has 0 radical (unpaired) electrons. The largest absolute Gasteiger partial charge is 0.508 e. The number of hydrogen-bond donors (Lipinski definition) is 2. The second-order valence-electron chi connectivity index (χ2n) is 4.83. The molecule has 0 amide bonds. The van der Waals surface area contributed by atoms with Crippen molar-refractivity contribution in [1.82, 2.24) is 15.1 Å². The van der Waals surface area contributed by atoms with Crippen LogP contribution in [0.3, 0.4) is 0 Å². The Balaban J connectivity index is 1.98. The molecule has 0 aliphatic carbocycles. The molecule has 1 aliphatic heterocycles. The Bertz CT molecular complexity index is 541. The maximum atomic E-state index is 9.50. The number of hydrogen-bond acceptors (Lipinski definition) is 3. The molecular formula is C13H17N3O. The van der Waals surface area contributed by atoms with Gasteiger partial charge in [0.15, 0.2) is 0 Å². The monoisotopic (exact) mass is 231 g/mol. The summed E-state index contributed by atoms with van der Waals surface area (Å²) in [5, 5.41) is 18.5. The van der Waals surface area contributed by atoms with Crippen LogP contribution in [0.4, 0.5) is 0 Å². The lowest BCUT2D eigenvalue weighted by Gasteiger charge is -2.09. The maximum Gasteiger partial charge on any atom is 0.116 e. The molecule has 90 valence electrons. The Morgan fingerprint density at radius 2 is 2.41 bits per heavy atom. The number of phenols is 1. The van der Waals surface area contributed by atoms with E-state index < -0.39 is 0 Å². The van der Waals surface area contributed by atoms with Crippen molar-refractivity contribution < 1.29 is 5.11 Å². The summed E-state index contributed by atoms with van der Waals surface area (Å²) >= 11 is 0. The smallest absolute Gasteiger partial charge is 0.116 e. The number of nitrogens with one attached hydrogen (secondary N) is 1. The number of rotatable bonds is 2. The van der Waals surface area contributed by atoms with Crippen molar-refractivity contribution in [3.63, 3.8) is 0 Å². The lowest BCUT2D eigenvalue weighted by molar-refractivity contribution is 0.457. The van der Waals surface area contributed by atoms with Crippen LogP contribution >= 0.6 is 0 Å². The van der Waals surface area contributed by atoms with E-state index in [9.17, 15) is 5.11 Å². The van der Waals surface area contributed by atoms with Crippen molar-refractivity contribution in [2.24, 2.45) is 5.92 Å². The molecule has 1 aromatic carbocycles. The summed E-state index contributed by atoms with van der Waals surface area (Å²) in [6, 6.07) is 5.47. The van der Waals surface area contributed by atoms with Crippen molar-refractivity contribution in [2.75, 3.05) is 13.1 Å². The van der Waals surface area contributed by atoms with Gasteiger partial charge in [0.2, 0.25) is 0 Å². The fourth-order valence-electron chi connectivity index (χ4n) is 2.58. The first kappa shape index (κ1) is 10.6. The molecule has 17 heavy (non-hydrogen) atoms. The van der Waals surface area contributed by atoms with Gasteiger partial charge in [-0.1, -0.05) is 0 Å². The standard InChI is InChI=1S/C13H17N3O/c1-9-12-6-11(17)2-3-13(12)16(15-9)8-10-4-5-14-7-10/h2-3,6,10,14,17H,4-5,7-8H2,1H3. The van der Waals surface area contributed by atoms with Crippen molar-refractivity contribution >= 4 is 10.9 Å². The highest BCUT2D eigenvalue weighted by molar-refractivity contribution is 5.83. The quantitative estimate of drug-likeness (QED) is 0.826. The van der Waals surface area contributed by atoms with Gasteiger partial charge in [-0.2, -0.15) is 5.10 Å². The van der Waals surface area contributed by atoms with E-state index in [2.05, 4.69) is 15.1 Å². The van der Waals surface area contributed by atoms with Gasteiger partial charge in [-0.05, 0) is 50.6 Å². The topological polar surface area (TPSA) is 50.1 Å². The Labute approximate surface area is 100 Å². The highest BCUT2D eigenvalue weighted by Crippen LogP contribution is 2.24. The van der Waals surface area contributed by atoms with Crippen LogP contribution in [0.15, 0.2) is 18.2 Å². The van der Waals surface area contributed by atoms with E-state index in [1.165, 1.54) is 6.42 Å². The van der Waals surface area contributed by atoms with Gasteiger partial charge < -0.3 is 10.4 Å². The normalized spacial score (nSPS) is 20.2. The van der Waals surface area contributed by atoms with Gasteiger partial charge in [-0.3, -0.25) is 4.68 Å². The second kappa shape index (κ2) is 4.04. The van der Waals surface area contributed by atoms with Crippen LogP contribution in [0, 0.1) is 12.8 Å². The predicted molar refractivity (Wildman–Crippen MR) is 67.1 cm³/mol. The van der Waals surface area contributed by atoms with E-state index in [0.29, 0.717) is 11.7 Å². The summed E-state index contributed by atoms with van der Waals surface area (Å²) in [7, 11) is 0. The molecule has 2 aromatic rings. The Hall–Kier alpha value is -1.55. The summed E-state index contributed by atoms with van der Waals surface area (Å²) in [6.45, 7) is 5.15. The zero-order chi connectivity index (χ0) is 11.8. The molecule has 2 heterocycles. The highest BCUT2D eigenvalue weighted by atomic mass is 16.3. The summed E-state index contributed by atoms with van der Waals surface area (Å²) in [5.74, 6) is 0.981. The van der Waals surface area contributed by atoms with Crippen molar-refractivity contribution in [3.8, 4) is 5.75 Å². The fourth-order valence-corrected chi connectivity index (χ4v) is 2.58. The third kappa shape index (κ3) is 1.89. The lowest BCUT2D eigenvalue weighted by atomic mass is 10.1. The Morgan fingerprint density at radius 1 is 1.53 bits per heavy atom. The molecular weight excluding hydrogens is 214 g/mol. The Kier molecular flexibility index (Phi) is 2.52. The fraction of sp³-hybridized carbons (Fsp3) is 0.462. The lowest BCUT2D eigenvalue weighted by Crippen LogP contribution is -2.15. The van der Waals surface area contributed by atoms with Crippen molar-refractivity contribution in [3.05, 3.63) is 23.9 Å². The van der Waals surface area contributed by atoms with Crippen LogP contribution in [0.1, 0.15) is 12.1 Å². The SMILES string of the molecule is Cc1nn(CC2CCNC2)c2ccc(O)cc12. The van der Waals surface area contributed by atoms with E-state index in [-0.39, 0.29) is 0 Å². The predicted octanol–water partition coefficient (Wildman–Crippen LogP) is 1.66. The van der Waals surface area contributed by atoms with Crippen LogP contribution in [0.2, 0.25) is 0 Å². The average Bonchev–Trinajstić information content (AvgIpc) is 2.89. The zero-order valence-electron chi connectivity index (χ0n) is 9.98. The van der Waals surface area contributed by atoms with E-state index in [1.54, 1.807) is 12.1 Å². The van der Waals surface area contributed by atoms with E-state index in [1.807, 2.05) is 13.0 Å². The third-order valence-corrected chi connectivity index (χ3v) is 3.51. The van der Waals surface area contributed by atoms with Crippen molar-refractivity contribution in [2.45, 2.75) is 19.9 Å². The maximum absolute atomic E-state index is 9.50. The highest BCUT2D eigenvalue weighted by Gasteiger charge is 2.17. The third-order valence-electron chi connectivity index (χ3n) is 3.51. The van der Waals surface area contributed by atoms with Crippen molar-refractivity contribution in [1.29, 1.82) is 0 Å². The number of fused-ring (bicyclic) bond motifs is 1. The number of nitrogens with zero attached hydrogens (tertiary/aromatic N) is 2. The molecule has 4 heteroatoms. The van der Waals surface area contributed by atoms with Gasteiger partial charge in [-0.15, -0.1) is 0 Å². The second-order valence-corrected chi connectivity index (χ2v) is 4.83. The average molecular weight is 231 g/mol. The minimum absolute atomic E-state index is 0.308. The number of aromatic nitrogens is 2. The molecule has 4 nitrogen and oxygen atoms in total. The van der Waals surface area contributed by atoms with Crippen LogP contribution in [-0.4, -0.2) is 28.0 Å². The van der Waals surface area contributed by atoms with Gasteiger partial charge in [0, 0.05) is 11.9 Å². The molecule has 1 fully saturated rings. The van der Waals surface area contributed by atoms with Gasteiger partial charge in [-0.25, -0.2) is 0 Å². The number of benzene rings is 1. The van der Waals surface area contributed by atoms with E-state index >= 15 is 0 Å². The molecule has 1 aliphatic rings. The van der Waals surface area contributed by atoms with Gasteiger partial charge >= 0.3 is 0 Å². The van der Waals surface area contributed by atoms with E-state index in [0.717, 1.165) is 36.2 Å². The molecule has 0 bridgehead atoms. The van der Waals surface area contributed by atoms with Crippen LogP contribution < -0.4 is 5.32 Å². The molecule has 1 atom stereocenters.